The van der Waals surface area contributed by atoms with Crippen molar-refractivity contribution < 1.29 is 27.1 Å². The Hall–Kier alpha value is -3.18. The molecule has 2 aromatic rings. The lowest BCUT2D eigenvalue weighted by Gasteiger charge is -2.25. The Morgan fingerprint density at radius 2 is 1.76 bits per heavy atom. The number of hydrogen-bond acceptors (Lipinski definition) is 7. The van der Waals surface area contributed by atoms with Gasteiger partial charge in [0.15, 0.2) is 11.5 Å². The van der Waals surface area contributed by atoms with Crippen molar-refractivity contribution >= 4 is 27.3 Å². The van der Waals surface area contributed by atoms with E-state index in [1.165, 1.54) is 30.3 Å². The van der Waals surface area contributed by atoms with E-state index in [2.05, 4.69) is 15.4 Å². The summed E-state index contributed by atoms with van der Waals surface area (Å²) >= 11 is 0. The van der Waals surface area contributed by atoms with Crippen molar-refractivity contribution in [3.05, 3.63) is 48.3 Å². The number of likely N-dealkylation sites (tertiary alicyclic amines) is 1. The number of hydrogen-bond donors (Lipinski definition) is 1. The first-order chi connectivity index (χ1) is 15.8. The summed E-state index contributed by atoms with van der Waals surface area (Å²) < 4.78 is 52.3. The summed E-state index contributed by atoms with van der Waals surface area (Å²) in [5.41, 5.74) is 3.46. The number of piperidine rings is 1. The Labute approximate surface area is 191 Å². The Kier molecular flexibility index (Phi) is 6.80. The Bertz CT molecular complexity index is 1140. The number of fused-ring (bicyclic) bond motifs is 1. The van der Waals surface area contributed by atoms with Gasteiger partial charge in [0.1, 0.15) is 25.6 Å². The van der Waals surface area contributed by atoms with Crippen LogP contribution in [-0.2, 0) is 14.8 Å². The average molecular weight is 477 g/mol. The zero-order chi connectivity index (χ0) is 23.4. The minimum Gasteiger partial charge on any atom is -0.486 e. The van der Waals surface area contributed by atoms with E-state index in [1.54, 1.807) is 0 Å². The van der Waals surface area contributed by atoms with Crippen LogP contribution in [0, 0.1) is 5.82 Å². The number of ether oxygens (including phenoxy) is 2. The number of nitrogens with one attached hydrogen (secondary N) is 1. The number of carbonyl (C=O) groups is 1. The summed E-state index contributed by atoms with van der Waals surface area (Å²) in [4.78, 5) is 14.7. The van der Waals surface area contributed by atoms with Crippen molar-refractivity contribution in [3.63, 3.8) is 0 Å². The zero-order valence-corrected chi connectivity index (χ0v) is 19.0. The molecule has 2 aromatic carbocycles. The molecule has 33 heavy (non-hydrogen) atoms. The van der Waals surface area contributed by atoms with Gasteiger partial charge in [0.05, 0.1) is 10.6 Å². The summed E-state index contributed by atoms with van der Waals surface area (Å²) in [6.07, 6.45) is 1.46. The van der Waals surface area contributed by atoms with Crippen LogP contribution in [0.3, 0.4) is 0 Å². The van der Waals surface area contributed by atoms with E-state index in [1.807, 2.05) is 7.05 Å². The monoisotopic (exact) mass is 476 g/mol. The number of rotatable bonds is 6. The largest absolute Gasteiger partial charge is 0.486 e. The van der Waals surface area contributed by atoms with Crippen LogP contribution in [0.1, 0.15) is 12.8 Å². The fourth-order valence-electron chi connectivity index (χ4n) is 3.53. The minimum atomic E-state index is -4.19. The molecule has 0 aromatic heterocycles. The van der Waals surface area contributed by atoms with Crippen molar-refractivity contribution in [2.24, 2.45) is 5.10 Å². The van der Waals surface area contributed by atoms with Crippen molar-refractivity contribution in [2.75, 3.05) is 44.2 Å². The third-order valence-electron chi connectivity index (χ3n) is 5.41. The molecule has 1 N–H and O–H groups in total. The second-order valence-corrected chi connectivity index (χ2v) is 9.67. The van der Waals surface area contributed by atoms with Crippen LogP contribution in [0.15, 0.2) is 52.5 Å². The predicted octanol–water partition coefficient (Wildman–Crippen LogP) is 1.99. The highest BCUT2D eigenvalue weighted by atomic mass is 32.2. The Morgan fingerprint density at radius 1 is 1.09 bits per heavy atom. The molecular formula is C22H25FN4O5S. The van der Waals surface area contributed by atoms with Gasteiger partial charge in [0, 0.05) is 37.7 Å². The molecule has 0 atom stereocenters. The van der Waals surface area contributed by atoms with Gasteiger partial charge in [-0.2, -0.15) is 5.10 Å². The number of sulfonamides is 1. The van der Waals surface area contributed by atoms with Gasteiger partial charge in [-0.1, -0.05) is 0 Å². The molecule has 0 aliphatic carbocycles. The number of halogens is 1. The van der Waals surface area contributed by atoms with Crippen LogP contribution in [0.2, 0.25) is 0 Å². The first-order valence-corrected chi connectivity index (χ1v) is 12.0. The molecule has 4 rings (SSSR count). The molecule has 1 amide bonds. The molecule has 2 heterocycles. The maximum absolute atomic E-state index is 13.5. The number of anilines is 1. The van der Waals surface area contributed by atoms with Gasteiger partial charge >= 0.3 is 0 Å². The molecule has 9 nitrogen and oxygen atoms in total. The maximum atomic E-state index is 13.5. The first-order valence-electron chi connectivity index (χ1n) is 10.5. The van der Waals surface area contributed by atoms with E-state index in [-0.39, 0.29) is 10.6 Å². The molecule has 1 fully saturated rings. The SMILES string of the molecule is CN1CCC(=NNC(=O)CN(c2ccc(F)cc2)S(=O)(=O)c2ccc3c(c2)OCCO3)CC1. The normalized spacial score (nSPS) is 16.2. The lowest BCUT2D eigenvalue weighted by atomic mass is 10.1. The van der Waals surface area contributed by atoms with Gasteiger partial charge in [0.25, 0.3) is 15.9 Å². The van der Waals surface area contributed by atoms with Gasteiger partial charge in [0.2, 0.25) is 0 Å². The number of carbonyl (C=O) groups excluding carboxylic acids is 1. The van der Waals surface area contributed by atoms with Crippen molar-refractivity contribution in [3.8, 4) is 11.5 Å². The molecule has 0 spiro atoms. The van der Waals surface area contributed by atoms with E-state index >= 15 is 0 Å². The highest BCUT2D eigenvalue weighted by Gasteiger charge is 2.29. The lowest BCUT2D eigenvalue weighted by molar-refractivity contribution is -0.119. The molecule has 0 unspecified atom stereocenters. The minimum absolute atomic E-state index is 0.0782. The van der Waals surface area contributed by atoms with Gasteiger partial charge < -0.3 is 14.4 Å². The van der Waals surface area contributed by atoms with Crippen LogP contribution in [0.4, 0.5) is 10.1 Å². The van der Waals surface area contributed by atoms with Crippen LogP contribution in [-0.4, -0.2) is 64.8 Å². The standard InChI is InChI=1S/C22H25FN4O5S/c1-26-10-8-17(9-11-26)24-25-22(28)15-27(18-4-2-16(23)3-5-18)33(29,30)19-6-7-20-21(14-19)32-13-12-31-20/h2-7,14H,8-13,15H2,1H3,(H,25,28). The van der Waals surface area contributed by atoms with Crippen molar-refractivity contribution in [1.82, 2.24) is 10.3 Å². The molecular weight excluding hydrogens is 451 g/mol. The second kappa shape index (κ2) is 9.75. The van der Waals surface area contributed by atoms with Gasteiger partial charge in [-0.05, 0) is 43.4 Å². The molecule has 2 aliphatic rings. The van der Waals surface area contributed by atoms with Crippen LogP contribution in [0.5, 0.6) is 11.5 Å². The maximum Gasteiger partial charge on any atom is 0.264 e. The predicted molar refractivity (Wildman–Crippen MR) is 121 cm³/mol. The van der Waals surface area contributed by atoms with Crippen LogP contribution >= 0.6 is 0 Å². The number of benzene rings is 2. The molecule has 0 radical (unpaired) electrons. The van der Waals surface area contributed by atoms with E-state index in [0.29, 0.717) is 24.7 Å². The highest BCUT2D eigenvalue weighted by Crippen LogP contribution is 2.34. The molecule has 1 saturated heterocycles. The van der Waals surface area contributed by atoms with E-state index in [0.717, 1.165) is 48.1 Å². The first kappa shape index (κ1) is 23.0. The quantitative estimate of drug-likeness (QED) is 0.640. The van der Waals surface area contributed by atoms with Gasteiger partial charge in [-0.3, -0.25) is 9.10 Å². The topological polar surface area (TPSA) is 101 Å². The fourth-order valence-corrected chi connectivity index (χ4v) is 4.97. The third kappa shape index (κ3) is 5.42. The highest BCUT2D eigenvalue weighted by molar-refractivity contribution is 7.92. The fraction of sp³-hybridized carbons (Fsp3) is 0.364. The van der Waals surface area contributed by atoms with Crippen molar-refractivity contribution in [2.45, 2.75) is 17.7 Å². The van der Waals surface area contributed by atoms with E-state index < -0.39 is 28.3 Å². The lowest BCUT2D eigenvalue weighted by Crippen LogP contribution is -2.40. The van der Waals surface area contributed by atoms with Crippen molar-refractivity contribution in [1.29, 1.82) is 0 Å². The zero-order valence-electron chi connectivity index (χ0n) is 18.2. The number of nitrogens with zero attached hydrogens (tertiary/aromatic N) is 3. The summed E-state index contributed by atoms with van der Waals surface area (Å²) in [7, 11) is -2.17. The van der Waals surface area contributed by atoms with Gasteiger partial charge in [-0.15, -0.1) is 0 Å². The molecule has 2 aliphatic heterocycles. The van der Waals surface area contributed by atoms with E-state index in [4.69, 9.17) is 9.47 Å². The summed E-state index contributed by atoms with van der Waals surface area (Å²) in [5.74, 6) is -0.375. The number of amides is 1. The summed E-state index contributed by atoms with van der Waals surface area (Å²) in [5, 5.41) is 4.16. The molecule has 0 saturated carbocycles. The molecule has 11 heteroatoms. The third-order valence-corrected chi connectivity index (χ3v) is 7.18. The molecule has 0 bridgehead atoms. The smallest absolute Gasteiger partial charge is 0.264 e. The Morgan fingerprint density at radius 3 is 2.45 bits per heavy atom. The summed E-state index contributed by atoms with van der Waals surface area (Å²) in [6, 6.07) is 9.14. The van der Waals surface area contributed by atoms with Crippen LogP contribution < -0.4 is 19.2 Å². The average Bonchev–Trinajstić information content (AvgIpc) is 2.82. The van der Waals surface area contributed by atoms with Gasteiger partial charge in [-0.25, -0.2) is 18.2 Å². The summed E-state index contributed by atoms with van der Waals surface area (Å²) in [6.45, 7) is 1.83. The number of hydrazone groups is 1. The second-order valence-electron chi connectivity index (χ2n) is 7.81. The van der Waals surface area contributed by atoms with E-state index in [9.17, 15) is 17.6 Å². The van der Waals surface area contributed by atoms with Crippen LogP contribution in [0.25, 0.3) is 0 Å². The molecule has 176 valence electrons. The Balaban J connectivity index is 1.59.